The van der Waals surface area contributed by atoms with Crippen LogP contribution < -0.4 is 0 Å². The Morgan fingerprint density at radius 3 is 2.17 bits per heavy atom. The van der Waals surface area contributed by atoms with Gasteiger partial charge in [-0.15, -0.1) is 0 Å². The third-order valence-corrected chi connectivity index (χ3v) is 4.00. The zero-order chi connectivity index (χ0) is 13.4. The molecule has 0 radical (unpaired) electrons. The van der Waals surface area contributed by atoms with Crippen molar-refractivity contribution in [1.82, 2.24) is 0 Å². The van der Waals surface area contributed by atoms with Crippen LogP contribution in [0.15, 0.2) is 12.1 Å². The Kier molecular flexibility index (Phi) is 7.79. The van der Waals surface area contributed by atoms with Gasteiger partial charge in [0.05, 0.1) is 3.57 Å². The molecule has 0 saturated heterocycles. The molecule has 0 aliphatic heterocycles. The predicted molar refractivity (Wildman–Crippen MR) is 80.8 cm³/mol. The third-order valence-electron chi connectivity index (χ3n) is 3.16. The van der Waals surface area contributed by atoms with E-state index in [1.165, 1.54) is 32.1 Å². The molecule has 0 saturated carbocycles. The second kappa shape index (κ2) is 8.83. The van der Waals surface area contributed by atoms with Crippen LogP contribution in [0.1, 0.15) is 57.4 Å². The van der Waals surface area contributed by atoms with Gasteiger partial charge in [-0.3, -0.25) is 0 Å². The quantitative estimate of drug-likeness (QED) is 0.307. The van der Waals surface area contributed by atoms with Gasteiger partial charge in [0.25, 0.3) is 0 Å². The summed E-state index contributed by atoms with van der Waals surface area (Å²) in [4.78, 5) is 0. The van der Waals surface area contributed by atoms with Crippen LogP contribution in [0.4, 0.5) is 8.78 Å². The van der Waals surface area contributed by atoms with Gasteiger partial charge in [0.1, 0.15) is 0 Å². The molecule has 0 spiro atoms. The first kappa shape index (κ1) is 15.9. The highest BCUT2D eigenvalue weighted by atomic mass is 127. The fourth-order valence-electron chi connectivity index (χ4n) is 2.03. The van der Waals surface area contributed by atoms with Crippen LogP contribution in [0.3, 0.4) is 0 Å². The van der Waals surface area contributed by atoms with Gasteiger partial charge >= 0.3 is 0 Å². The number of benzene rings is 1. The minimum Gasteiger partial charge on any atom is -0.203 e. The fourth-order valence-corrected chi connectivity index (χ4v) is 2.45. The van der Waals surface area contributed by atoms with E-state index in [2.05, 4.69) is 6.92 Å². The van der Waals surface area contributed by atoms with E-state index < -0.39 is 11.6 Å². The van der Waals surface area contributed by atoms with Crippen molar-refractivity contribution >= 4 is 22.6 Å². The van der Waals surface area contributed by atoms with Crippen molar-refractivity contribution in [3.05, 3.63) is 32.9 Å². The lowest BCUT2D eigenvalue weighted by Gasteiger charge is -2.05. The van der Waals surface area contributed by atoms with Gasteiger partial charge < -0.3 is 0 Å². The minimum absolute atomic E-state index is 0.355. The van der Waals surface area contributed by atoms with Crippen molar-refractivity contribution in [2.75, 3.05) is 0 Å². The Bertz CT molecular complexity index is 364. The summed E-state index contributed by atoms with van der Waals surface area (Å²) < 4.78 is 27.2. The second-order valence-electron chi connectivity index (χ2n) is 4.71. The lowest BCUT2D eigenvalue weighted by molar-refractivity contribution is 0.490. The summed E-state index contributed by atoms with van der Waals surface area (Å²) in [7, 11) is 0. The Labute approximate surface area is 122 Å². The number of hydrogen-bond donors (Lipinski definition) is 0. The van der Waals surface area contributed by atoms with Crippen LogP contribution >= 0.6 is 22.6 Å². The van der Waals surface area contributed by atoms with Gasteiger partial charge in [0.2, 0.25) is 0 Å². The normalized spacial score (nSPS) is 10.9. The molecule has 0 unspecified atom stereocenters. The first-order valence-electron chi connectivity index (χ1n) is 6.79. The number of hydrogen-bond acceptors (Lipinski definition) is 0. The zero-order valence-electron chi connectivity index (χ0n) is 10.9. The number of halogens is 3. The van der Waals surface area contributed by atoms with Crippen LogP contribution in [-0.2, 0) is 6.42 Å². The van der Waals surface area contributed by atoms with E-state index in [9.17, 15) is 8.78 Å². The van der Waals surface area contributed by atoms with Crippen molar-refractivity contribution < 1.29 is 8.78 Å². The smallest absolute Gasteiger partial charge is 0.172 e. The minimum atomic E-state index is -0.698. The van der Waals surface area contributed by atoms with Crippen LogP contribution in [0, 0.1) is 15.2 Å². The standard InChI is InChI=1S/C15H21F2I/c1-2-3-4-5-6-7-8-9-12-10-11-13(18)15(17)14(12)16/h10-11H,2-9H2,1H3. The van der Waals surface area contributed by atoms with E-state index in [1.807, 2.05) is 22.6 Å². The summed E-state index contributed by atoms with van der Waals surface area (Å²) in [5, 5.41) is 0. The third kappa shape index (κ3) is 5.21. The molecule has 1 rings (SSSR count). The topological polar surface area (TPSA) is 0 Å². The zero-order valence-corrected chi connectivity index (χ0v) is 13.1. The Morgan fingerprint density at radius 2 is 1.50 bits per heavy atom. The first-order valence-corrected chi connectivity index (χ1v) is 7.87. The highest BCUT2D eigenvalue weighted by Crippen LogP contribution is 2.20. The van der Waals surface area contributed by atoms with Gasteiger partial charge in [0.15, 0.2) is 11.6 Å². The summed E-state index contributed by atoms with van der Waals surface area (Å²) in [6.45, 7) is 2.20. The summed E-state index contributed by atoms with van der Waals surface area (Å²) in [6, 6.07) is 3.35. The van der Waals surface area contributed by atoms with Gasteiger partial charge in [-0.05, 0) is 47.1 Å². The van der Waals surface area contributed by atoms with Crippen molar-refractivity contribution in [3.63, 3.8) is 0 Å². The second-order valence-corrected chi connectivity index (χ2v) is 5.87. The molecule has 0 fully saturated rings. The van der Waals surface area contributed by atoms with E-state index >= 15 is 0 Å². The van der Waals surface area contributed by atoms with Gasteiger partial charge in [-0.2, -0.15) is 0 Å². The monoisotopic (exact) mass is 366 g/mol. The molecule has 0 heterocycles. The molecule has 0 aromatic heterocycles. The summed E-state index contributed by atoms with van der Waals surface area (Å²) in [5.74, 6) is -1.36. The van der Waals surface area contributed by atoms with Crippen molar-refractivity contribution in [2.24, 2.45) is 0 Å². The van der Waals surface area contributed by atoms with E-state index in [4.69, 9.17) is 0 Å². The summed E-state index contributed by atoms with van der Waals surface area (Å²) in [5.41, 5.74) is 0.515. The number of unbranched alkanes of at least 4 members (excludes halogenated alkanes) is 6. The molecule has 18 heavy (non-hydrogen) atoms. The van der Waals surface area contributed by atoms with Crippen LogP contribution in [-0.4, -0.2) is 0 Å². The van der Waals surface area contributed by atoms with E-state index in [0.29, 0.717) is 15.6 Å². The molecule has 0 bridgehead atoms. The number of aryl methyl sites for hydroxylation is 1. The molecule has 1 aromatic carbocycles. The van der Waals surface area contributed by atoms with E-state index in [1.54, 1.807) is 12.1 Å². The molecule has 0 atom stereocenters. The molecular weight excluding hydrogens is 345 g/mol. The van der Waals surface area contributed by atoms with Crippen molar-refractivity contribution in [2.45, 2.75) is 58.3 Å². The highest BCUT2D eigenvalue weighted by molar-refractivity contribution is 14.1. The van der Waals surface area contributed by atoms with E-state index in [0.717, 1.165) is 12.8 Å². The maximum atomic E-state index is 13.6. The van der Waals surface area contributed by atoms with Crippen LogP contribution in [0.25, 0.3) is 0 Å². The molecule has 0 nitrogen and oxygen atoms in total. The molecule has 1 aromatic rings. The van der Waals surface area contributed by atoms with Crippen LogP contribution in [0.5, 0.6) is 0 Å². The number of rotatable bonds is 8. The lowest BCUT2D eigenvalue weighted by Crippen LogP contribution is -1.97. The van der Waals surface area contributed by atoms with Gasteiger partial charge in [-0.25, -0.2) is 8.78 Å². The predicted octanol–water partition coefficient (Wildman–Crippen LogP) is 5.86. The molecule has 0 N–H and O–H groups in total. The van der Waals surface area contributed by atoms with E-state index in [-0.39, 0.29) is 0 Å². The maximum Gasteiger partial charge on any atom is 0.172 e. The average Bonchev–Trinajstić information content (AvgIpc) is 2.37. The molecule has 0 aliphatic carbocycles. The van der Waals surface area contributed by atoms with Gasteiger partial charge in [-0.1, -0.05) is 51.5 Å². The first-order chi connectivity index (χ1) is 8.66. The molecule has 0 aliphatic rings. The SMILES string of the molecule is CCCCCCCCCc1ccc(I)c(F)c1F. The molecule has 0 amide bonds. The maximum absolute atomic E-state index is 13.6. The summed E-state index contributed by atoms with van der Waals surface area (Å²) in [6.07, 6.45) is 9.02. The highest BCUT2D eigenvalue weighted by Gasteiger charge is 2.10. The largest absolute Gasteiger partial charge is 0.203 e. The Morgan fingerprint density at radius 1 is 0.889 bits per heavy atom. The summed E-state index contributed by atoms with van der Waals surface area (Å²) >= 11 is 1.82. The molecule has 102 valence electrons. The lowest BCUT2D eigenvalue weighted by atomic mass is 10.0. The molecular formula is C15H21F2I. The van der Waals surface area contributed by atoms with Gasteiger partial charge in [0, 0.05) is 0 Å². The average molecular weight is 366 g/mol. The fraction of sp³-hybridized carbons (Fsp3) is 0.600. The van der Waals surface area contributed by atoms with Crippen molar-refractivity contribution in [1.29, 1.82) is 0 Å². The Hall–Kier alpha value is -0.190. The Balaban J connectivity index is 2.25. The van der Waals surface area contributed by atoms with Crippen molar-refractivity contribution in [3.8, 4) is 0 Å². The molecule has 3 heteroatoms. The van der Waals surface area contributed by atoms with Crippen LogP contribution in [0.2, 0.25) is 0 Å².